The Morgan fingerprint density at radius 1 is 1.28 bits per heavy atom. The summed E-state index contributed by atoms with van der Waals surface area (Å²) in [6.07, 6.45) is -3.06. The lowest BCUT2D eigenvalue weighted by Gasteiger charge is -2.14. The fourth-order valence-corrected chi connectivity index (χ4v) is 2.56. The van der Waals surface area contributed by atoms with Gasteiger partial charge in [-0.1, -0.05) is 11.6 Å². The summed E-state index contributed by atoms with van der Waals surface area (Å²) in [5.74, 6) is -1.35. The molecular weight excluding hydrogens is 415 g/mol. The molecule has 0 aliphatic rings. The monoisotopic (exact) mass is 423 g/mol. The quantitative estimate of drug-likeness (QED) is 0.649. The van der Waals surface area contributed by atoms with Gasteiger partial charge < -0.3 is 4.74 Å². The maximum Gasteiger partial charge on any atom is 0.437 e. The summed E-state index contributed by atoms with van der Waals surface area (Å²) in [6, 6.07) is 4.87. The summed E-state index contributed by atoms with van der Waals surface area (Å²) in [7, 11) is 0. The van der Waals surface area contributed by atoms with Crippen LogP contribution in [0.2, 0.25) is 5.02 Å². The number of halogens is 4. The zero-order valence-corrected chi connectivity index (χ0v) is 15.0. The summed E-state index contributed by atoms with van der Waals surface area (Å²) in [5.41, 5.74) is -3.25. The van der Waals surface area contributed by atoms with Crippen molar-refractivity contribution in [3.05, 3.63) is 85.2 Å². The zero-order valence-electron chi connectivity index (χ0n) is 14.2. The molecule has 0 atom stereocenters. The SMILES string of the molecule is [C-]#[N+]c1cc(Cl)cc(Oc2c(C(F)(F)F)ncn(Cc3ccn[nH]c3=O)c2=O)c1. The van der Waals surface area contributed by atoms with Crippen LogP contribution in [0.1, 0.15) is 11.3 Å². The number of ether oxygens (including phenoxy) is 1. The van der Waals surface area contributed by atoms with E-state index < -0.39 is 28.7 Å². The van der Waals surface area contributed by atoms with E-state index in [1.807, 2.05) is 0 Å². The van der Waals surface area contributed by atoms with Gasteiger partial charge in [-0.15, -0.1) is 0 Å². The number of H-pyrrole nitrogens is 1. The van der Waals surface area contributed by atoms with Gasteiger partial charge >= 0.3 is 6.18 Å². The normalized spacial score (nSPS) is 11.1. The average molecular weight is 424 g/mol. The summed E-state index contributed by atoms with van der Waals surface area (Å²) in [5, 5.41) is 5.69. The molecule has 0 fully saturated rings. The molecule has 3 aromatic rings. The van der Waals surface area contributed by atoms with Gasteiger partial charge in [0.15, 0.2) is 11.4 Å². The number of hydrogen-bond acceptors (Lipinski definition) is 5. The Labute approximate surface area is 165 Å². The van der Waals surface area contributed by atoms with Crippen LogP contribution >= 0.6 is 11.6 Å². The molecule has 2 aromatic heterocycles. The number of nitrogens with one attached hydrogen (secondary N) is 1. The Bertz CT molecular complexity index is 1230. The largest absolute Gasteiger partial charge is 0.451 e. The predicted octanol–water partition coefficient (Wildman–Crippen LogP) is 3.39. The Kier molecular flexibility index (Phi) is 5.38. The molecule has 12 heteroatoms. The van der Waals surface area contributed by atoms with Gasteiger partial charge in [0, 0.05) is 16.8 Å². The van der Waals surface area contributed by atoms with Gasteiger partial charge in [0.25, 0.3) is 11.1 Å². The van der Waals surface area contributed by atoms with Crippen LogP contribution in [0.4, 0.5) is 18.9 Å². The molecule has 0 amide bonds. The number of aromatic nitrogens is 4. The lowest BCUT2D eigenvalue weighted by molar-refractivity contribution is -0.142. The van der Waals surface area contributed by atoms with Gasteiger partial charge in [-0.25, -0.2) is 14.9 Å². The highest BCUT2D eigenvalue weighted by molar-refractivity contribution is 6.31. The van der Waals surface area contributed by atoms with Crippen molar-refractivity contribution in [2.24, 2.45) is 0 Å². The standard InChI is InChI=1S/C17H9ClF3N5O3/c1-22-11-4-10(18)5-12(6-11)29-13-14(17(19,20)21)23-8-26(16(13)28)7-9-2-3-24-25-15(9)27/h2-6,8H,7H2,(H,25,27). The van der Waals surface area contributed by atoms with Gasteiger partial charge in [0.05, 0.1) is 19.4 Å². The number of aromatic amines is 1. The molecule has 3 rings (SSSR count). The lowest BCUT2D eigenvalue weighted by Crippen LogP contribution is -2.28. The van der Waals surface area contributed by atoms with E-state index in [9.17, 15) is 22.8 Å². The van der Waals surface area contributed by atoms with Gasteiger partial charge in [0.2, 0.25) is 5.75 Å². The molecular formula is C17H9ClF3N5O3. The van der Waals surface area contributed by atoms with E-state index in [1.54, 1.807) is 0 Å². The first-order valence-corrected chi connectivity index (χ1v) is 8.12. The van der Waals surface area contributed by atoms with Crippen LogP contribution in [-0.4, -0.2) is 19.7 Å². The van der Waals surface area contributed by atoms with Crippen molar-refractivity contribution in [2.45, 2.75) is 12.7 Å². The van der Waals surface area contributed by atoms with Crippen molar-refractivity contribution in [1.82, 2.24) is 19.7 Å². The van der Waals surface area contributed by atoms with Crippen molar-refractivity contribution in [1.29, 1.82) is 0 Å². The molecule has 29 heavy (non-hydrogen) atoms. The Morgan fingerprint density at radius 3 is 2.69 bits per heavy atom. The van der Waals surface area contributed by atoms with Gasteiger partial charge in [-0.05, 0) is 24.3 Å². The summed E-state index contributed by atoms with van der Waals surface area (Å²) in [4.78, 5) is 30.8. The van der Waals surface area contributed by atoms with Crippen LogP contribution in [0.3, 0.4) is 0 Å². The predicted molar refractivity (Wildman–Crippen MR) is 95.2 cm³/mol. The number of alkyl halides is 3. The van der Waals surface area contributed by atoms with E-state index in [0.717, 1.165) is 16.7 Å². The third-order valence-corrected chi connectivity index (χ3v) is 3.84. The van der Waals surface area contributed by atoms with E-state index in [-0.39, 0.29) is 28.6 Å². The maximum atomic E-state index is 13.4. The second kappa shape index (κ2) is 7.76. The zero-order chi connectivity index (χ0) is 21.2. The molecule has 1 aromatic carbocycles. The molecule has 0 saturated carbocycles. The molecule has 0 unspecified atom stereocenters. The first kappa shape index (κ1) is 20.1. The van der Waals surface area contributed by atoms with Crippen molar-refractivity contribution in [3.8, 4) is 11.5 Å². The summed E-state index contributed by atoms with van der Waals surface area (Å²) < 4.78 is 46.0. The van der Waals surface area contributed by atoms with Crippen molar-refractivity contribution >= 4 is 17.3 Å². The van der Waals surface area contributed by atoms with Crippen LogP contribution in [0.15, 0.2) is 46.4 Å². The molecule has 0 aliphatic heterocycles. The molecule has 0 saturated heterocycles. The Balaban J connectivity index is 2.12. The minimum absolute atomic E-state index is 0.00796. The molecule has 0 bridgehead atoms. The molecule has 148 valence electrons. The van der Waals surface area contributed by atoms with Crippen LogP contribution in [0.25, 0.3) is 4.85 Å². The van der Waals surface area contributed by atoms with E-state index in [2.05, 4.69) is 20.0 Å². The second-order valence-electron chi connectivity index (χ2n) is 5.62. The van der Waals surface area contributed by atoms with Gasteiger partial charge in [-0.3, -0.25) is 14.2 Å². The average Bonchev–Trinajstić information content (AvgIpc) is 2.65. The molecule has 0 aliphatic carbocycles. The first-order chi connectivity index (χ1) is 13.7. The first-order valence-electron chi connectivity index (χ1n) is 7.74. The Hall–Kier alpha value is -3.65. The minimum Gasteiger partial charge on any atom is -0.451 e. The fourth-order valence-electron chi connectivity index (χ4n) is 2.34. The number of nitrogens with zero attached hydrogens (tertiary/aromatic N) is 4. The van der Waals surface area contributed by atoms with E-state index in [0.29, 0.717) is 6.33 Å². The van der Waals surface area contributed by atoms with Crippen molar-refractivity contribution in [2.75, 3.05) is 0 Å². The third-order valence-electron chi connectivity index (χ3n) is 3.62. The van der Waals surface area contributed by atoms with Crippen LogP contribution in [-0.2, 0) is 12.7 Å². The minimum atomic E-state index is -4.98. The maximum absolute atomic E-state index is 13.4. The van der Waals surface area contributed by atoms with Crippen LogP contribution in [0, 0.1) is 6.57 Å². The van der Waals surface area contributed by atoms with E-state index >= 15 is 0 Å². The van der Waals surface area contributed by atoms with Crippen molar-refractivity contribution in [3.63, 3.8) is 0 Å². The Morgan fingerprint density at radius 2 is 2.03 bits per heavy atom. The molecule has 0 spiro atoms. The van der Waals surface area contributed by atoms with Crippen LogP contribution < -0.4 is 15.9 Å². The second-order valence-corrected chi connectivity index (χ2v) is 6.06. The third kappa shape index (κ3) is 4.44. The summed E-state index contributed by atoms with van der Waals surface area (Å²) >= 11 is 5.83. The number of rotatable bonds is 4. The highest BCUT2D eigenvalue weighted by Gasteiger charge is 2.38. The highest BCUT2D eigenvalue weighted by atomic mass is 35.5. The molecule has 8 nitrogen and oxygen atoms in total. The van der Waals surface area contributed by atoms with E-state index in [1.165, 1.54) is 18.3 Å². The highest BCUT2D eigenvalue weighted by Crippen LogP contribution is 2.36. The van der Waals surface area contributed by atoms with Gasteiger partial charge in [0.1, 0.15) is 5.75 Å². The lowest BCUT2D eigenvalue weighted by atomic mass is 10.3. The molecule has 1 N–H and O–H groups in total. The van der Waals surface area contributed by atoms with Gasteiger partial charge in [-0.2, -0.15) is 18.3 Å². The summed E-state index contributed by atoms with van der Waals surface area (Å²) in [6.45, 7) is 6.63. The van der Waals surface area contributed by atoms with Crippen LogP contribution in [0.5, 0.6) is 11.5 Å². The topological polar surface area (TPSA) is 94.2 Å². The smallest absolute Gasteiger partial charge is 0.437 e. The number of hydrogen-bond donors (Lipinski definition) is 1. The van der Waals surface area contributed by atoms with E-state index in [4.69, 9.17) is 22.9 Å². The fraction of sp³-hybridized carbons (Fsp3) is 0.118. The number of benzene rings is 1. The molecule has 2 heterocycles. The molecule has 0 radical (unpaired) electrons. The van der Waals surface area contributed by atoms with Crippen molar-refractivity contribution < 1.29 is 17.9 Å².